The van der Waals surface area contributed by atoms with E-state index in [4.69, 9.17) is 4.74 Å². The van der Waals surface area contributed by atoms with Crippen LogP contribution < -0.4 is 0 Å². The molecule has 0 radical (unpaired) electrons. The fourth-order valence-corrected chi connectivity index (χ4v) is 1.66. The van der Waals surface area contributed by atoms with Gasteiger partial charge in [0.05, 0.1) is 6.61 Å². The van der Waals surface area contributed by atoms with Gasteiger partial charge in [-0.2, -0.15) is 0 Å². The van der Waals surface area contributed by atoms with Gasteiger partial charge in [-0.25, -0.2) is 4.79 Å². The van der Waals surface area contributed by atoms with E-state index in [2.05, 4.69) is 4.98 Å². The Morgan fingerprint density at radius 2 is 2.29 bits per heavy atom. The zero-order chi connectivity index (χ0) is 12.3. The highest BCUT2D eigenvalue weighted by atomic mass is 16.5. The minimum Gasteiger partial charge on any atom is -0.461 e. The van der Waals surface area contributed by atoms with Gasteiger partial charge in [0.25, 0.3) is 0 Å². The van der Waals surface area contributed by atoms with Crippen molar-refractivity contribution in [3.8, 4) is 11.1 Å². The highest BCUT2D eigenvalue weighted by Crippen LogP contribution is 2.21. The van der Waals surface area contributed by atoms with Crippen LogP contribution in [0.2, 0.25) is 0 Å². The number of aryl methyl sites for hydroxylation is 1. The summed E-state index contributed by atoms with van der Waals surface area (Å²) in [5, 5.41) is 0. The number of rotatable bonds is 3. The molecule has 0 atom stereocenters. The van der Waals surface area contributed by atoms with Crippen LogP contribution in [0.4, 0.5) is 0 Å². The SMILES string of the molecule is CCOC(=O)c1cc(-c2cccnc2)cn1C. The predicted octanol–water partition coefficient (Wildman–Crippen LogP) is 2.26. The van der Waals surface area contributed by atoms with Crippen molar-refractivity contribution in [2.24, 2.45) is 7.05 Å². The predicted molar refractivity (Wildman–Crippen MR) is 64.6 cm³/mol. The lowest BCUT2D eigenvalue weighted by Gasteiger charge is -2.01. The maximum absolute atomic E-state index is 11.7. The lowest BCUT2D eigenvalue weighted by atomic mass is 10.1. The first-order valence-electron chi connectivity index (χ1n) is 5.46. The van der Waals surface area contributed by atoms with Crippen molar-refractivity contribution in [2.45, 2.75) is 6.92 Å². The Bertz CT molecular complexity index is 517. The molecule has 2 heterocycles. The fraction of sp³-hybridized carbons (Fsp3) is 0.231. The molecule has 17 heavy (non-hydrogen) atoms. The number of hydrogen-bond acceptors (Lipinski definition) is 3. The number of carbonyl (C=O) groups excluding carboxylic acids is 1. The lowest BCUT2D eigenvalue weighted by Crippen LogP contribution is -2.08. The second-order valence-corrected chi connectivity index (χ2v) is 3.69. The van der Waals surface area contributed by atoms with E-state index in [0.29, 0.717) is 12.3 Å². The molecule has 0 aromatic carbocycles. The average molecular weight is 230 g/mol. The second kappa shape index (κ2) is 4.82. The molecule has 88 valence electrons. The van der Waals surface area contributed by atoms with E-state index in [9.17, 15) is 4.79 Å². The Morgan fingerprint density at radius 3 is 2.94 bits per heavy atom. The van der Waals surface area contributed by atoms with Crippen LogP contribution in [0, 0.1) is 0 Å². The third-order valence-corrected chi connectivity index (χ3v) is 2.48. The van der Waals surface area contributed by atoms with Crippen LogP contribution in [-0.2, 0) is 11.8 Å². The third kappa shape index (κ3) is 2.36. The van der Waals surface area contributed by atoms with E-state index < -0.39 is 0 Å². The molecule has 2 aromatic heterocycles. The van der Waals surface area contributed by atoms with Gasteiger partial charge in [0.15, 0.2) is 0 Å². The van der Waals surface area contributed by atoms with Crippen LogP contribution in [0.5, 0.6) is 0 Å². The van der Waals surface area contributed by atoms with E-state index in [0.717, 1.165) is 11.1 Å². The van der Waals surface area contributed by atoms with Gasteiger partial charge in [0.2, 0.25) is 0 Å². The van der Waals surface area contributed by atoms with Crippen molar-refractivity contribution in [3.63, 3.8) is 0 Å². The van der Waals surface area contributed by atoms with E-state index in [1.165, 1.54) is 0 Å². The van der Waals surface area contributed by atoms with Gasteiger partial charge in [-0.3, -0.25) is 4.98 Å². The summed E-state index contributed by atoms with van der Waals surface area (Å²) in [5.41, 5.74) is 2.49. The van der Waals surface area contributed by atoms with Crippen molar-refractivity contribution in [1.82, 2.24) is 9.55 Å². The van der Waals surface area contributed by atoms with Gasteiger partial charge < -0.3 is 9.30 Å². The summed E-state index contributed by atoms with van der Waals surface area (Å²) >= 11 is 0. The molecule has 2 rings (SSSR count). The first-order chi connectivity index (χ1) is 8.22. The van der Waals surface area contributed by atoms with Crippen molar-refractivity contribution in [3.05, 3.63) is 42.5 Å². The monoisotopic (exact) mass is 230 g/mol. The van der Waals surface area contributed by atoms with Crippen LogP contribution >= 0.6 is 0 Å². The molecule has 0 unspecified atom stereocenters. The molecule has 0 amide bonds. The molecule has 4 nitrogen and oxygen atoms in total. The van der Waals surface area contributed by atoms with Crippen LogP contribution in [0.3, 0.4) is 0 Å². The topological polar surface area (TPSA) is 44.1 Å². The lowest BCUT2D eigenvalue weighted by molar-refractivity contribution is 0.0515. The van der Waals surface area contributed by atoms with Gasteiger partial charge in [0.1, 0.15) is 5.69 Å². The smallest absolute Gasteiger partial charge is 0.354 e. The van der Waals surface area contributed by atoms with E-state index in [1.54, 1.807) is 23.9 Å². The quantitative estimate of drug-likeness (QED) is 0.760. The standard InChI is InChI=1S/C13H14N2O2/c1-3-17-13(16)12-7-11(9-15(12)2)10-5-4-6-14-8-10/h4-9H,3H2,1-2H3. The fourth-order valence-electron chi connectivity index (χ4n) is 1.66. The maximum atomic E-state index is 11.7. The molecular formula is C13H14N2O2. The summed E-state index contributed by atoms with van der Waals surface area (Å²) < 4.78 is 6.75. The molecule has 0 fully saturated rings. The van der Waals surface area contributed by atoms with Gasteiger partial charge in [-0.15, -0.1) is 0 Å². The van der Waals surface area contributed by atoms with Crippen LogP contribution in [-0.4, -0.2) is 22.1 Å². The number of hydrogen-bond donors (Lipinski definition) is 0. The largest absolute Gasteiger partial charge is 0.461 e. The number of aromatic nitrogens is 2. The zero-order valence-corrected chi connectivity index (χ0v) is 9.88. The summed E-state index contributed by atoms with van der Waals surface area (Å²) in [5.74, 6) is -0.301. The molecule has 0 aliphatic carbocycles. The number of pyridine rings is 1. The van der Waals surface area contributed by atoms with Crippen molar-refractivity contribution < 1.29 is 9.53 Å². The third-order valence-electron chi connectivity index (χ3n) is 2.48. The van der Waals surface area contributed by atoms with E-state index in [1.807, 2.05) is 31.4 Å². The number of nitrogens with zero attached hydrogens (tertiary/aromatic N) is 2. The number of ether oxygens (including phenoxy) is 1. The van der Waals surface area contributed by atoms with E-state index in [-0.39, 0.29) is 5.97 Å². The van der Waals surface area contributed by atoms with Crippen LogP contribution in [0.1, 0.15) is 17.4 Å². The molecule has 0 aliphatic rings. The molecule has 0 bridgehead atoms. The first kappa shape index (κ1) is 11.4. The molecular weight excluding hydrogens is 216 g/mol. The molecule has 0 N–H and O–H groups in total. The first-order valence-corrected chi connectivity index (χ1v) is 5.46. The summed E-state index contributed by atoms with van der Waals surface area (Å²) in [6, 6.07) is 5.64. The average Bonchev–Trinajstić information content (AvgIpc) is 2.73. The Balaban J connectivity index is 2.34. The summed E-state index contributed by atoms with van der Waals surface area (Å²) in [6.45, 7) is 2.18. The maximum Gasteiger partial charge on any atom is 0.354 e. The van der Waals surface area contributed by atoms with Gasteiger partial charge in [0, 0.05) is 36.8 Å². The summed E-state index contributed by atoms with van der Waals surface area (Å²) in [6.07, 6.45) is 5.38. The molecule has 0 spiro atoms. The summed E-state index contributed by atoms with van der Waals surface area (Å²) in [4.78, 5) is 15.7. The van der Waals surface area contributed by atoms with E-state index >= 15 is 0 Å². The Labute approximate surface area is 99.9 Å². The Morgan fingerprint density at radius 1 is 1.47 bits per heavy atom. The molecule has 2 aromatic rings. The minimum absolute atomic E-state index is 0.301. The highest BCUT2D eigenvalue weighted by molar-refractivity contribution is 5.89. The second-order valence-electron chi connectivity index (χ2n) is 3.69. The van der Waals surface area contributed by atoms with Crippen LogP contribution in [0.15, 0.2) is 36.8 Å². The molecule has 0 saturated carbocycles. The van der Waals surface area contributed by atoms with Gasteiger partial charge >= 0.3 is 5.97 Å². The molecule has 0 saturated heterocycles. The molecule has 4 heteroatoms. The van der Waals surface area contributed by atoms with Crippen molar-refractivity contribution in [1.29, 1.82) is 0 Å². The Hall–Kier alpha value is -2.10. The summed E-state index contributed by atoms with van der Waals surface area (Å²) in [7, 11) is 1.83. The van der Waals surface area contributed by atoms with Gasteiger partial charge in [-0.1, -0.05) is 6.07 Å². The highest BCUT2D eigenvalue weighted by Gasteiger charge is 2.13. The van der Waals surface area contributed by atoms with Crippen molar-refractivity contribution in [2.75, 3.05) is 6.61 Å². The molecule has 0 aliphatic heterocycles. The normalized spacial score (nSPS) is 10.2. The van der Waals surface area contributed by atoms with Crippen molar-refractivity contribution >= 4 is 5.97 Å². The van der Waals surface area contributed by atoms with Gasteiger partial charge in [-0.05, 0) is 19.1 Å². The van der Waals surface area contributed by atoms with Crippen LogP contribution in [0.25, 0.3) is 11.1 Å². The Kier molecular flexibility index (Phi) is 3.23. The minimum atomic E-state index is -0.301. The zero-order valence-electron chi connectivity index (χ0n) is 9.88. The number of carbonyl (C=O) groups is 1. The number of esters is 1.